The van der Waals surface area contributed by atoms with Gasteiger partial charge in [0, 0.05) is 11.1 Å². The number of anilines is 1. The predicted molar refractivity (Wildman–Crippen MR) is 92.4 cm³/mol. The third-order valence-corrected chi connectivity index (χ3v) is 5.51. The van der Waals surface area contributed by atoms with Crippen LogP contribution in [0.25, 0.3) is 0 Å². The van der Waals surface area contributed by atoms with Gasteiger partial charge in [0.15, 0.2) is 0 Å². The summed E-state index contributed by atoms with van der Waals surface area (Å²) in [5.41, 5.74) is 1.10. The summed E-state index contributed by atoms with van der Waals surface area (Å²) in [4.78, 5) is 37.1. The molecule has 1 atom stereocenters. The van der Waals surface area contributed by atoms with Crippen LogP contribution in [0.4, 0.5) is 5.69 Å². The number of aldehydes is 1. The van der Waals surface area contributed by atoms with Crippen LogP contribution in [-0.4, -0.2) is 40.0 Å². The largest absolute Gasteiger partial charge is 0.301 e. The highest BCUT2D eigenvalue weighted by Crippen LogP contribution is 2.29. The molecule has 0 fully saturated rings. The third-order valence-electron chi connectivity index (χ3n) is 3.69. The highest BCUT2D eigenvalue weighted by atomic mass is 32.2. The van der Waals surface area contributed by atoms with E-state index in [0.29, 0.717) is 18.5 Å². The second-order valence-electron chi connectivity index (χ2n) is 5.16. The van der Waals surface area contributed by atoms with Crippen molar-refractivity contribution >= 4 is 46.1 Å². The first-order valence-electron chi connectivity index (χ1n) is 7.10. The average Bonchev–Trinajstić information content (AvgIpc) is 3.15. The van der Waals surface area contributed by atoms with E-state index in [1.807, 2.05) is 17.5 Å². The number of thiophene rings is 1. The van der Waals surface area contributed by atoms with Crippen LogP contribution in [0.2, 0.25) is 0 Å². The minimum atomic E-state index is -1.29. The Bertz CT molecular complexity index is 833. The topological polar surface area (TPSA) is 74.8 Å². The van der Waals surface area contributed by atoms with Crippen molar-refractivity contribution in [2.24, 2.45) is 0 Å². The number of hydrogen-bond donors (Lipinski definition) is 0. The molecule has 0 saturated carbocycles. The number of rotatable bonds is 6. The van der Waals surface area contributed by atoms with Gasteiger partial charge < -0.3 is 4.79 Å². The molecule has 0 saturated heterocycles. The Morgan fingerprint density at radius 1 is 1.21 bits per heavy atom. The molecule has 2 heterocycles. The van der Waals surface area contributed by atoms with Crippen molar-refractivity contribution in [3.63, 3.8) is 0 Å². The van der Waals surface area contributed by atoms with Crippen LogP contribution >= 0.6 is 11.3 Å². The van der Waals surface area contributed by atoms with Crippen LogP contribution in [0.5, 0.6) is 0 Å². The first-order valence-corrected chi connectivity index (χ1v) is 9.49. The van der Waals surface area contributed by atoms with E-state index in [2.05, 4.69) is 0 Å². The quantitative estimate of drug-likeness (QED) is 0.580. The molecule has 24 heavy (non-hydrogen) atoms. The highest BCUT2D eigenvalue weighted by molar-refractivity contribution is 7.85. The number of amides is 2. The van der Waals surface area contributed by atoms with Gasteiger partial charge in [-0.05, 0) is 29.6 Å². The van der Waals surface area contributed by atoms with Gasteiger partial charge in [0.2, 0.25) is 0 Å². The minimum absolute atomic E-state index is 0.237. The van der Waals surface area contributed by atoms with Gasteiger partial charge in [0.05, 0.1) is 29.9 Å². The molecule has 3 rings (SSSR count). The van der Waals surface area contributed by atoms with Gasteiger partial charge in [-0.15, -0.1) is 11.3 Å². The molecular formula is C16H14N2O4S2. The van der Waals surface area contributed by atoms with Crippen LogP contribution in [-0.2, 0) is 22.3 Å². The Balaban J connectivity index is 1.96. The summed E-state index contributed by atoms with van der Waals surface area (Å²) in [7, 11) is -1.29. The molecule has 0 spiro atoms. The number of carbonyl (C=O) groups excluding carboxylic acids is 3. The molecule has 1 aliphatic heterocycles. The summed E-state index contributed by atoms with van der Waals surface area (Å²) < 4.78 is 13.8. The lowest BCUT2D eigenvalue weighted by Crippen LogP contribution is -2.31. The summed E-state index contributed by atoms with van der Waals surface area (Å²) in [6.45, 7) is 0.181. The van der Waals surface area contributed by atoms with Crippen molar-refractivity contribution in [1.29, 1.82) is 0 Å². The van der Waals surface area contributed by atoms with Gasteiger partial charge in [-0.25, -0.2) is 4.21 Å². The molecule has 2 amide bonds. The van der Waals surface area contributed by atoms with E-state index in [1.54, 1.807) is 40.1 Å². The molecule has 1 aromatic heterocycles. The lowest BCUT2D eigenvalue weighted by molar-refractivity contribution is -0.108. The fourth-order valence-electron chi connectivity index (χ4n) is 2.55. The molecule has 0 N–H and O–H groups in total. The molecule has 0 aliphatic carbocycles. The standard InChI is InChI=1S/C16H14N2O4S2/c1-24(22)18(10-12-3-2-8-23-12)11-4-5-13-14(9-11)16(21)17(6-7-19)15(13)20/h2-5,7-9H,6,10H2,1H3. The molecule has 0 radical (unpaired) electrons. The van der Waals surface area contributed by atoms with E-state index in [1.165, 1.54) is 0 Å². The maximum Gasteiger partial charge on any atom is 0.262 e. The minimum Gasteiger partial charge on any atom is -0.301 e. The van der Waals surface area contributed by atoms with E-state index in [9.17, 15) is 18.6 Å². The Morgan fingerprint density at radius 3 is 2.58 bits per heavy atom. The first-order chi connectivity index (χ1) is 11.5. The maximum atomic E-state index is 12.3. The molecule has 1 aliphatic rings. The van der Waals surface area contributed by atoms with Gasteiger partial charge in [-0.1, -0.05) is 6.07 Å². The third kappa shape index (κ3) is 2.90. The molecular weight excluding hydrogens is 348 g/mol. The monoisotopic (exact) mass is 362 g/mol. The number of carbonyl (C=O) groups is 3. The predicted octanol–water partition coefficient (Wildman–Crippen LogP) is 1.84. The van der Waals surface area contributed by atoms with Crippen molar-refractivity contribution in [2.75, 3.05) is 17.1 Å². The molecule has 1 aromatic carbocycles. The summed E-state index contributed by atoms with van der Waals surface area (Å²) in [5.74, 6) is -0.974. The van der Waals surface area contributed by atoms with Gasteiger partial charge in [0.1, 0.15) is 17.3 Å². The van der Waals surface area contributed by atoms with Crippen LogP contribution in [0, 0.1) is 0 Å². The molecule has 6 nitrogen and oxygen atoms in total. The van der Waals surface area contributed by atoms with Crippen molar-refractivity contribution < 1.29 is 18.6 Å². The van der Waals surface area contributed by atoms with E-state index >= 15 is 0 Å². The first kappa shape index (κ1) is 16.5. The highest BCUT2D eigenvalue weighted by Gasteiger charge is 2.35. The van der Waals surface area contributed by atoms with E-state index in [4.69, 9.17) is 0 Å². The van der Waals surface area contributed by atoms with Gasteiger partial charge in [0.25, 0.3) is 11.8 Å². The zero-order valence-electron chi connectivity index (χ0n) is 12.8. The average molecular weight is 362 g/mol. The van der Waals surface area contributed by atoms with E-state index in [-0.39, 0.29) is 17.7 Å². The molecule has 0 bridgehead atoms. The smallest absolute Gasteiger partial charge is 0.262 e. The summed E-state index contributed by atoms with van der Waals surface area (Å²) in [6, 6.07) is 8.64. The Kier molecular flexibility index (Phi) is 4.59. The zero-order chi connectivity index (χ0) is 17.3. The van der Waals surface area contributed by atoms with E-state index < -0.39 is 22.8 Å². The van der Waals surface area contributed by atoms with Crippen molar-refractivity contribution in [1.82, 2.24) is 4.90 Å². The number of nitrogens with zero attached hydrogens (tertiary/aromatic N) is 2. The van der Waals surface area contributed by atoms with Crippen LogP contribution in [0.1, 0.15) is 25.6 Å². The normalized spacial score (nSPS) is 14.6. The van der Waals surface area contributed by atoms with Gasteiger partial charge >= 0.3 is 0 Å². The van der Waals surface area contributed by atoms with Crippen LogP contribution in [0.3, 0.4) is 0 Å². The van der Waals surface area contributed by atoms with Gasteiger partial charge in [-0.2, -0.15) is 0 Å². The van der Waals surface area contributed by atoms with Crippen molar-refractivity contribution in [3.8, 4) is 0 Å². The number of benzene rings is 1. The summed E-state index contributed by atoms with van der Waals surface area (Å²) in [5, 5.41) is 1.94. The summed E-state index contributed by atoms with van der Waals surface area (Å²) >= 11 is 1.55. The van der Waals surface area contributed by atoms with Gasteiger partial charge in [-0.3, -0.25) is 18.8 Å². The Labute approximate surface area is 145 Å². The number of fused-ring (bicyclic) bond motifs is 1. The Hall–Kier alpha value is -2.32. The number of hydrogen-bond acceptors (Lipinski definition) is 5. The van der Waals surface area contributed by atoms with Crippen LogP contribution < -0.4 is 4.31 Å². The lowest BCUT2D eigenvalue weighted by atomic mass is 10.1. The Morgan fingerprint density at radius 2 is 1.96 bits per heavy atom. The molecule has 1 unspecified atom stereocenters. The number of imide groups is 1. The fourth-order valence-corrected chi connectivity index (χ4v) is 4.05. The zero-order valence-corrected chi connectivity index (χ0v) is 14.4. The fraction of sp³-hybridized carbons (Fsp3) is 0.188. The van der Waals surface area contributed by atoms with Crippen molar-refractivity contribution in [2.45, 2.75) is 6.54 Å². The maximum absolute atomic E-state index is 12.3. The van der Waals surface area contributed by atoms with E-state index in [0.717, 1.165) is 9.78 Å². The molecule has 8 heteroatoms. The van der Waals surface area contributed by atoms with Crippen LogP contribution in [0.15, 0.2) is 35.7 Å². The SMILES string of the molecule is CS(=O)N(Cc1cccs1)c1ccc2c(c1)C(=O)N(CC=O)C2=O. The van der Waals surface area contributed by atoms with Crippen molar-refractivity contribution in [3.05, 3.63) is 51.7 Å². The lowest BCUT2D eigenvalue weighted by Gasteiger charge is -2.21. The second-order valence-corrected chi connectivity index (χ2v) is 7.48. The molecule has 2 aromatic rings. The summed E-state index contributed by atoms with van der Waals surface area (Å²) in [6.07, 6.45) is 2.08. The second kappa shape index (κ2) is 6.66. The molecule has 124 valence electrons.